The van der Waals surface area contributed by atoms with E-state index in [9.17, 15) is 9.59 Å². The molecule has 0 radical (unpaired) electrons. The minimum atomic E-state index is -2.23. The summed E-state index contributed by atoms with van der Waals surface area (Å²) in [7, 11) is -4.75. The van der Waals surface area contributed by atoms with Gasteiger partial charge in [0.25, 0.3) is 16.6 Å². The number of nitrogens with one attached hydrogen (secondary N) is 2. The van der Waals surface area contributed by atoms with E-state index in [1.54, 1.807) is 21.6 Å². The Bertz CT molecular complexity index is 872. The van der Waals surface area contributed by atoms with Crippen molar-refractivity contribution in [1.82, 2.24) is 9.96 Å². The van der Waals surface area contributed by atoms with E-state index in [0.29, 0.717) is 0 Å². The van der Waals surface area contributed by atoms with E-state index < -0.39 is 33.1 Å². The molecular formula is C32H72N2O4S2Si4. The van der Waals surface area contributed by atoms with Crippen molar-refractivity contribution in [2.75, 3.05) is 11.5 Å². The van der Waals surface area contributed by atoms with E-state index in [1.807, 2.05) is 0 Å². The highest BCUT2D eigenvalue weighted by Gasteiger charge is 2.45. The van der Waals surface area contributed by atoms with Crippen LogP contribution >= 0.6 is 21.6 Å². The van der Waals surface area contributed by atoms with Crippen molar-refractivity contribution in [2.45, 2.75) is 181 Å². The second-order valence-electron chi connectivity index (χ2n) is 18.7. The topological polar surface area (TPSA) is 76.7 Å². The minimum absolute atomic E-state index is 0.0322. The van der Waals surface area contributed by atoms with Crippen LogP contribution in [0.4, 0.5) is 0 Å². The third-order valence-electron chi connectivity index (χ3n) is 10.8. The number of hydrogen-bond acceptors (Lipinski definition) is 8. The zero-order valence-corrected chi connectivity index (χ0v) is 38.1. The maximum absolute atomic E-state index is 13.6. The van der Waals surface area contributed by atoms with Gasteiger partial charge >= 0.3 is 11.9 Å². The van der Waals surface area contributed by atoms with Crippen LogP contribution in [0.25, 0.3) is 0 Å². The molecule has 0 saturated carbocycles. The molecule has 2 atom stereocenters. The summed E-state index contributed by atoms with van der Waals surface area (Å²) in [5.74, 6) is 1.47. The van der Waals surface area contributed by atoms with Crippen molar-refractivity contribution in [1.29, 1.82) is 0 Å². The van der Waals surface area contributed by atoms with Crippen LogP contribution in [-0.2, 0) is 18.4 Å². The van der Waals surface area contributed by atoms with Crippen molar-refractivity contribution in [3.05, 3.63) is 0 Å². The molecule has 0 fully saturated rings. The Labute approximate surface area is 285 Å². The summed E-state index contributed by atoms with van der Waals surface area (Å²) in [5, 5.41) is 0.149. The zero-order valence-electron chi connectivity index (χ0n) is 32.4. The van der Waals surface area contributed by atoms with Gasteiger partial charge in [-0.1, -0.05) is 131 Å². The van der Waals surface area contributed by atoms with Gasteiger partial charge in [-0.2, -0.15) is 0 Å². The molecule has 0 aromatic heterocycles. The number of hydrogen-bond donors (Lipinski definition) is 2. The van der Waals surface area contributed by atoms with Gasteiger partial charge in [0.05, 0.1) is 12.1 Å². The highest BCUT2D eigenvalue weighted by Crippen LogP contribution is 2.40. The van der Waals surface area contributed by atoms with Crippen LogP contribution in [-0.4, -0.2) is 68.6 Å². The molecular weight excluding hydrogens is 653 g/mol. The maximum Gasteiger partial charge on any atom is 0.309 e. The van der Waals surface area contributed by atoms with Crippen LogP contribution in [0.5, 0.6) is 0 Å². The van der Waals surface area contributed by atoms with E-state index in [-0.39, 0.29) is 44.2 Å². The second-order valence-corrected chi connectivity index (χ2v) is 41.0. The lowest BCUT2D eigenvalue weighted by molar-refractivity contribution is -0.138. The summed E-state index contributed by atoms with van der Waals surface area (Å²) < 4.78 is 12.6. The molecule has 0 aromatic rings. The van der Waals surface area contributed by atoms with Crippen LogP contribution in [0.2, 0.25) is 72.5 Å². The quantitative estimate of drug-likeness (QED) is 0.0982. The lowest BCUT2D eigenvalue weighted by Gasteiger charge is -2.42. The Kier molecular flexibility index (Phi) is 15.9. The Morgan fingerprint density at radius 1 is 0.523 bits per heavy atom. The molecule has 0 bridgehead atoms. The molecule has 2 N–H and O–H groups in total. The van der Waals surface area contributed by atoms with Gasteiger partial charge in [-0.15, -0.1) is 0 Å². The smallest absolute Gasteiger partial charge is 0.309 e. The Morgan fingerprint density at radius 3 is 0.977 bits per heavy atom. The van der Waals surface area contributed by atoms with Gasteiger partial charge in [-0.25, -0.2) is 0 Å². The molecule has 12 heteroatoms. The van der Waals surface area contributed by atoms with Crippen molar-refractivity contribution < 1.29 is 18.4 Å². The van der Waals surface area contributed by atoms with Crippen LogP contribution < -0.4 is 9.96 Å². The van der Waals surface area contributed by atoms with Crippen molar-refractivity contribution in [3.8, 4) is 0 Å². The highest BCUT2D eigenvalue weighted by atomic mass is 33.1. The molecule has 0 saturated heterocycles. The first-order chi connectivity index (χ1) is 19.2. The average Bonchev–Trinajstić information content (AvgIpc) is 2.75. The Hall–Kier alpha value is 0.428. The molecule has 0 aliphatic carbocycles. The number of carbonyl (C=O) groups excluding carboxylic acids is 2. The summed E-state index contributed by atoms with van der Waals surface area (Å²) in [6, 6.07) is -0.628. The van der Waals surface area contributed by atoms with E-state index in [2.05, 4.69) is 145 Å². The van der Waals surface area contributed by atoms with Crippen molar-refractivity contribution >= 4 is 66.6 Å². The van der Waals surface area contributed by atoms with Gasteiger partial charge in [-0.05, 0) is 59.2 Å². The van der Waals surface area contributed by atoms with Gasteiger partial charge < -0.3 is 18.8 Å². The lowest BCUT2D eigenvalue weighted by Crippen LogP contribution is -2.60. The third kappa shape index (κ3) is 13.5. The summed E-state index contributed by atoms with van der Waals surface area (Å²) in [4.78, 5) is 34.8. The second kappa shape index (κ2) is 15.8. The normalized spacial score (nSPS) is 16.0. The van der Waals surface area contributed by atoms with Crippen LogP contribution in [0.1, 0.15) is 95.9 Å². The first-order valence-electron chi connectivity index (χ1n) is 16.4. The van der Waals surface area contributed by atoms with Gasteiger partial charge in [0, 0.05) is 11.5 Å². The number of carbonyl (C=O) groups is 2. The SMILES string of the molecule is CC(C)(C)[Si](C)(C)NC(CCSSCCC(N[Si](C)(C)C(C)(C)C)C(=O)O[Si](C)(C)C(C)(C)C)C(=O)O[Si](C)(C)C(C)(C)C. The summed E-state index contributed by atoms with van der Waals surface area (Å²) in [5.41, 5.74) is 0. The Morgan fingerprint density at radius 2 is 0.773 bits per heavy atom. The van der Waals surface area contributed by atoms with Gasteiger partial charge in [0.15, 0.2) is 0 Å². The van der Waals surface area contributed by atoms with E-state index in [0.717, 1.165) is 24.3 Å². The van der Waals surface area contributed by atoms with Crippen LogP contribution in [0.15, 0.2) is 0 Å². The monoisotopic (exact) mass is 724 g/mol. The highest BCUT2D eigenvalue weighted by molar-refractivity contribution is 8.76. The number of rotatable bonds is 15. The first-order valence-corrected chi connectivity index (χ1v) is 30.7. The van der Waals surface area contributed by atoms with E-state index >= 15 is 0 Å². The standard InChI is InChI=1S/C32H72N2O4S2Si4/c1-29(2,3)41(13,14)33-25(27(35)37-43(17,18)31(7,8)9)21-23-39-40-24-22-26(34-42(15,16)30(4,5)6)28(36)38-44(19,20)32(10,11)12/h25-26,33-34H,21-24H2,1-20H3. The zero-order chi connectivity index (χ0) is 35.4. The molecule has 44 heavy (non-hydrogen) atoms. The molecule has 2 unspecified atom stereocenters. The van der Waals surface area contributed by atoms with Crippen molar-refractivity contribution in [2.24, 2.45) is 0 Å². The molecule has 0 aromatic carbocycles. The van der Waals surface area contributed by atoms with Crippen LogP contribution in [0, 0.1) is 0 Å². The summed E-state index contributed by atoms with van der Waals surface area (Å²) >= 11 is 0. The maximum atomic E-state index is 13.6. The minimum Gasteiger partial charge on any atom is -0.518 e. The fraction of sp³-hybridized carbons (Fsp3) is 0.938. The molecule has 0 aliphatic heterocycles. The molecule has 0 heterocycles. The molecule has 0 spiro atoms. The molecule has 0 rings (SSSR count). The van der Waals surface area contributed by atoms with Gasteiger partial charge in [-0.3, -0.25) is 9.59 Å². The largest absolute Gasteiger partial charge is 0.518 e. The Balaban J connectivity index is 5.57. The fourth-order valence-electron chi connectivity index (χ4n) is 3.20. The fourth-order valence-corrected chi connectivity index (χ4v) is 10.4. The van der Waals surface area contributed by atoms with Crippen molar-refractivity contribution in [3.63, 3.8) is 0 Å². The summed E-state index contributed by atoms with van der Waals surface area (Å²) in [6.45, 7) is 44.4. The molecule has 0 aliphatic rings. The van der Waals surface area contributed by atoms with Gasteiger partial charge in [0.2, 0.25) is 0 Å². The first kappa shape index (κ1) is 44.4. The van der Waals surface area contributed by atoms with E-state index in [4.69, 9.17) is 8.85 Å². The average molecular weight is 725 g/mol. The summed E-state index contributed by atoms with van der Waals surface area (Å²) in [6.07, 6.45) is 1.44. The third-order valence-corrected chi connectivity index (χ3v) is 31.5. The van der Waals surface area contributed by atoms with Gasteiger partial charge in [0.1, 0.15) is 16.5 Å². The predicted octanol–water partition coefficient (Wildman–Crippen LogP) is 10.2. The van der Waals surface area contributed by atoms with Crippen LogP contribution in [0.3, 0.4) is 0 Å². The molecule has 262 valence electrons. The lowest BCUT2D eigenvalue weighted by atomic mass is 10.2. The predicted molar refractivity (Wildman–Crippen MR) is 209 cm³/mol. The molecule has 0 amide bonds. The van der Waals surface area contributed by atoms with E-state index in [1.165, 1.54) is 0 Å². The molecule has 6 nitrogen and oxygen atoms in total.